The normalized spacial score (nSPS) is 10.7. The van der Waals surface area contributed by atoms with Gasteiger partial charge in [0.1, 0.15) is 0 Å². The van der Waals surface area contributed by atoms with Crippen molar-refractivity contribution in [3.8, 4) is 0 Å². The van der Waals surface area contributed by atoms with Crippen molar-refractivity contribution < 1.29 is 0 Å². The van der Waals surface area contributed by atoms with Crippen LogP contribution in [0.4, 0.5) is 17.6 Å². The Morgan fingerprint density at radius 2 is 1.70 bits per heavy atom. The first kappa shape index (κ1) is 15.5. The average Bonchev–Trinajstić information content (AvgIpc) is 2.55. The quantitative estimate of drug-likeness (QED) is 0.758. The molecule has 0 atom stereocenters. The van der Waals surface area contributed by atoms with Crippen molar-refractivity contribution in [3.63, 3.8) is 0 Å². The molecular weight excluding hydrogens is 310 g/mol. The van der Waals surface area contributed by atoms with E-state index in [9.17, 15) is 0 Å². The maximum Gasteiger partial charge on any atom is 0.233 e. The van der Waals surface area contributed by atoms with Crippen LogP contribution in [0.3, 0.4) is 0 Å². The lowest BCUT2D eigenvalue weighted by atomic mass is 10.1. The zero-order valence-electron chi connectivity index (χ0n) is 13.1. The van der Waals surface area contributed by atoms with Gasteiger partial charge in [0.15, 0.2) is 0 Å². The summed E-state index contributed by atoms with van der Waals surface area (Å²) in [6.07, 6.45) is 0. The Balaban J connectivity index is 1.91. The molecular formula is C17H18ClN5. The lowest BCUT2D eigenvalue weighted by Crippen LogP contribution is -2.24. The number of hydrogen-bond donors (Lipinski definition) is 1. The van der Waals surface area contributed by atoms with Gasteiger partial charge in [0, 0.05) is 18.8 Å². The summed E-state index contributed by atoms with van der Waals surface area (Å²) < 4.78 is 0. The number of anilines is 3. The first-order valence-corrected chi connectivity index (χ1v) is 7.99. The molecule has 0 aliphatic heterocycles. The number of rotatable bonds is 5. The van der Waals surface area contributed by atoms with Gasteiger partial charge in [0.25, 0.3) is 0 Å². The lowest BCUT2D eigenvalue weighted by molar-refractivity contribution is 0.814. The number of nitrogens with one attached hydrogen (secondary N) is 1. The molecule has 0 aliphatic carbocycles. The van der Waals surface area contributed by atoms with Gasteiger partial charge in [-0.1, -0.05) is 30.3 Å². The smallest absolute Gasteiger partial charge is 0.233 e. The molecule has 23 heavy (non-hydrogen) atoms. The third-order valence-electron chi connectivity index (χ3n) is 3.65. The van der Waals surface area contributed by atoms with Crippen molar-refractivity contribution in [3.05, 3.63) is 47.7 Å². The van der Waals surface area contributed by atoms with Crippen molar-refractivity contribution in [2.75, 3.05) is 23.3 Å². The Bertz CT molecular complexity index is 817. The molecule has 0 unspecified atom stereocenters. The first-order valence-electron chi connectivity index (χ1n) is 7.62. The van der Waals surface area contributed by atoms with E-state index < -0.39 is 0 Å². The molecule has 0 amide bonds. The zero-order chi connectivity index (χ0) is 16.2. The van der Waals surface area contributed by atoms with Crippen LogP contribution >= 0.6 is 11.6 Å². The number of hydrogen-bond acceptors (Lipinski definition) is 5. The van der Waals surface area contributed by atoms with Gasteiger partial charge >= 0.3 is 0 Å². The molecule has 0 saturated heterocycles. The van der Waals surface area contributed by atoms with Crippen LogP contribution in [0.1, 0.15) is 13.8 Å². The molecule has 0 spiro atoms. The van der Waals surface area contributed by atoms with E-state index in [0.717, 1.165) is 24.2 Å². The Labute approximate surface area is 140 Å². The molecule has 6 heteroatoms. The number of halogens is 1. The highest BCUT2D eigenvalue weighted by atomic mass is 35.5. The summed E-state index contributed by atoms with van der Waals surface area (Å²) in [6.45, 7) is 5.73. The molecule has 3 rings (SSSR count). The van der Waals surface area contributed by atoms with Gasteiger partial charge in [-0.25, -0.2) is 0 Å². The van der Waals surface area contributed by atoms with E-state index in [1.807, 2.05) is 23.1 Å². The standard InChI is InChI=1S/C17H18ClN5/c1-3-23(4-2)17-21-15(18)20-16(22-17)19-14-10-9-12-7-5-6-8-13(12)11-14/h5-11H,3-4H2,1-2H3,(H,19,20,21,22). The van der Waals surface area contributed by atoms with Gasteiger partial charge in [-0.2, -0.15) is 15.0 Å². The second kappa shape index (κ2) is 6.79. The molecule has 0 saturated carbocycles. The zero-order valence-corrected chi connectivity index (χ0v) is 13.9. The maximum atomic E-state index is 6.04. The van der Waals surface area contributed by atoms with Crippen molar-refractivity contribution in [1.29, 1.82) is 0 Å². The minimum Gasteiger partial charge on any atom is -0.341 e. The minimum atomic E-state index is 0.185. The summed E-state index contributed by atoms with van der Waals surface area (Å²) in [6, 6.07) is 14.3. The van der Waals surface area contributed by atoms with Crippen LogP contribution in [-0.2, 0) is 0 Å². The second-order valence-corrected chi connectivity index (χ2v) is 5.43. The largest absolute Gasteiger partial charge is 0.341 e. The van der Waals surface area contributed by atoms with Crippen LogP contribution in [0.5, 0.6) is 0 Å². The number of fused-ring (bicyclic) bond motifs is 1. The van der Waals surface area contributed by atoms with Crippen molar-refractivity contribution in [1.82, 2.24) is 15.0 Å². The van der Waals surface area contributed by atoms with Crippen LogP contribution in [0.25, 0.3) is 10.8 Å². The fraction of sp³-hybridized carbons (Fsp3) is 0.235. The Kier molecular flexibility index (Phi) is 4.57. The summed E-state index contributed by atoms with van der Waals surface area (Å²) in [5.74, 6) is 1.03. The molecule has 3 aromatic rings. The molecule has 2 aromatic carbocycles. The van der Waals surface area contributed by atoms with Gasteiger partial charge in [-0.05, 0) is 48.4 Å². The van der Waals surface area contributed by atoms with Crippen molar-refractivity contribution in [2.24, 2.45) is 0 Å². The first-order chi connectivity index (χ1) is 11.2. The van der Waals surface area contributed by atoms with Gasteiger partial charge in [-0.15, -0.1) is 0 Å². The van der Waals surface area contributed by atoms with Crippen LogP contribution in [0, 0.1) is 0 Å². The SMILES string of the molecule is CCN(CC)c1nc(Cl)nc(Nc2ccc3ccccc3c2)n1. The molecule has 118 valence electrons. The number of aromatic nitrogens is 3. The van der Waals surface area contributed by atoms with Crippen LogP contribution in [-0.4, -0.2) is 28.0 Å². The highest BCUT2D eigenvalue weighted by molar-refractivity contribution is 6.28. The lowest BCUT2D eigenvalue weighted by Gasteiger charge is -2.18. The molecule has 5 nitrogen and oxygen atoms in total. The third kappa shape index (κ3) is 3.51. The van der Waals surface area contributed by atoms with Crippen LogP contribution in [0.2, 0.25) is 5.28 Å². The van der Waals surface area contributed by atoms with E-state index in [0.29, 0.717) is 11.9 Å². The maximum absolute atomic E-state index is 6.04. The highest BCUT2D eigenvalue weighted by Crippen LogP contribution is 2.22. The minimum absolute atomic E-state index is 0.185. The van der Waals surface area contributed by atoms with Gasteiger partial charge in [-0.3, -0.25) is 0 Å². The predicted molar refractivity (Wildman–Crippen MR) is 95.6 cm³/mol. The van der Waals surface area contributed by atoms with Gasteiger partial charge < -0.3 is 10.2 Å². The topological polar surface area (TPSA) is 53.9 Å². The highest BCUT2D eigenvalue weighted by Gasteiger charge is 2.10. The summed E-state index contributed by atoms with van der Waals surface area (Å²) in [5.41, 5.74) is 0.913. The van der Waals surface area contributed by atoms with Gasteiger partial charge in [0.2, 0.25) is 17.2 Å². The summed E-state index contributed by atoms with van der Waals surface area (Å²) in [4.78, 5) is 14.8. The average molecular weight is 328 g/mol. The monoisotopic (exact) mass is 327 g/mol. The molecule has 1 N–H and O–H groups in total. The Hall–Kier alpha value is -2.40. The van der Waals surface area contributed by atoms with E-state index in [2.05, 4.69) is 58.4 Å². The molecule has 0 radical (unpaired) electrons. The van der Waals surface area contributed by atoms with Crippen LogP contribution in [0.15, 0.2) is 42.5 Å². The van der Waals surface area contributed by atoms with E-state index in [-0.39, 0.29) is 5.28 Å². The van der Waals surface area contributed by atoms with E-state index in [4.69, 9.17) is 11.6 Å². The Morgan fingerprint density at radius 3 is 2.43 bits per heavy atom. The van der Waals surface area contributed by atoms with Crippen molar-refractivity contribution in [2.45, 2.75) is 13.8 Å². The second-order valence-electron chi connectivity index (χ2n) is 5.09. The van der Waals surface area contributed by atoms with E-state index in [1.165, 1.54) is 5.39 Å². The fourth-order valence-electron chi connectivity index (χ4n) is 2.44. The molecule has 0 fully saturated rings. The van der Waals surface area contributed by atoms with Gasteiger partial charge in [0.05, 0.1) is 0 Å². The van der Waals surface area contributed by atoms with E-state index >= 15 is 0 Å². The predicted octanol–water partition coefficient (Wildman–Crippen LogP) is 4.27. The molecule has 0 aliphatic rings. The summed E-state index contributed by atoms with van der Waals surface area (Å²) in [7, 11) is 0. The number of benzene rings is 2. The third-order valence-corrected chi connectivity index (χ3v) is 3.82. The van der Waals surface area contributed by atoms with E-state index in [1.54, 1.807) is 0 Å². The number of nitrogens with zero attached hydrogens (tertiary/aromatic N) is 4. The Morgan fingerprint density at radius 1 is 0.957 bits per heavy atom. The van der Waals surface area contributed by atoms with Crippen LogP contribution < -0.4 is 10.2 Å². The van der Waals surface area contributed by atoms with Crippen molar-refractivity contribution >= 4 is 40.0 Å². The molecule has 1 heterocycles. The summed E-state index contributed by atoms with van der Waals surface area (Å²) in [5, 5.41) is 5.74. The molecule has 0 bridgehead atoms. The summed E-state index contributed by atoms with van der Waals surface area (Å²) >= 11 is 6.04. The molecule has 1 aromatic heterocycles. The fourth-order valence-corrected chi connectivity index (χ4v) is 2.60.